The Morgan fingerprint density at radius 3 is 2.70 bits per heavy atom. The summed E-state index contributed by atoms with van der Waals surface area (Å²) in [6.45, 7) is 0. The van der Waals surface area contributed by atoms with Gasteiger partial charge in [-0.1, -0.05) is 35.2 Å². The number of carboxylic acid groups (broad SMARTS) is 1. The van der Waals surface area contributed by atoms with E-state index in [0.29, 0.717) is 11.5 Å². The number of carbonyl (C=O) groups is 1. The van der Waals surface area contributed by atoms with Crippen LogP contribution in [0.5, 0.6) is 5.75 Å². The first kappa shape index (κ1) is 13.7. The summed E-state index contributed by atoms with van der Waals surface area (Å²) in [6, 6.07) is 5.73. The van der Waals surface area contributed by atoms with Crippen LogP contribution in [0.2, 0.25) is 0 Å². The molecule has 0 saturated heterocycles. The zero-order chi connectivity index (χ0) is 14.1. The van der Waals surface area contributed by atoms with Gasteiger partial charge in [-0.3, -0.25) is 0 Å². The van der Waals surface area contributed by atoms with Crippen LogP contribution in [0.4, 0.5) is 0 Å². The first-order valence-electron chi connectivity index (χ1n) is 7.06. The van der Waals surface area contributed by atoms with Gasteiger partial charge in [-0.2, -0.15) is 0 Å². The summed E-state index contributed by atoms with van der Waals surface area (Å²) in [6.07, 6.45) is 7.17. The van der Waals surface area contributed by atoms with E-state index in [-0.39, 0.29) is 6.10 Å². The van der Waals surface area contributed by atoms with Gasteiger partial charge in [0.1, 0.15) is 11.9 Å². The SMILES string of the molecule is O=C(O)C1=Cc2cc(Br)ccc2OC1C1CCCCC1. The second kappa shape index (κ2) is 5.60. The molecule has 1 heterocycles. The van der Waals surface area contributed by atoms with E-state index < -0.39 is 5.97 Å². The second-order valence-electron chi connectivity index (χ2n) is 5.52. The molecule has 20 heavy (non-hydrogen) atoms. The number of hydrogen-bond donors (Lipinski definition) is 1. The molecular weight excluding hydrogens is 320 g/mol. The van der Waals surface area contributed by atoms with E-state index in [4.69, 9.17) is 4.74 Å². The highest BCUT2D eigenvalue weighted by Gasteiger charge is 2.34. The van der Waals surface area contributed by atoms with Crippen LogP contribution < -0.4 is 4.74 Å². The Hall–Kier alpha value is -1.29. The van der Waals surface area contributed by atoms with E-state index in [1.807, 2.05) is 18.2 Å². The van der Waals surface area contributed by atoms with Crippen molar-refractivity contribution in [3.63, 3.8) is 0 Å². The van der Waals surface area contributed by atoms with E-state index in [2.05, 4.69) is 15.9 Å². The molecule has 1 saturated carbocycles. The van der Waals surface area contributed by atoms with Crippen LogP contribution in [-0.2, 0) is 4.79 Å². The number of benzene rings is 1. The average molecular weight is 337 g/mol. The third-order valence-corrected chi connectivity index (χ3v) is 4.66. The summed E-state index contributed by atoms with van der Waals surface area (Å²) in [4.78, 5) is 11.5. The van der Waals surface area contributed by atoms with Gasteiger partial charge in [0.2, 0.25) is 0 Å². The van der Waals surface area contributed by atoms with E-state index in [1.54, 1.807) is 6.08 Å². The molecule has 3 rings (SSSR count). The lowest BCUT2D eigenvalue weighted by molar-refractivity contribution is -0.134. The number of halogens is 1. The van der Waals surface area contributed by atoms with Crippen molar-refractivity contribution in [2.45, 2.75) is 38.2 Å². The van der Waals surface area contributed by atoms with Gasteiger partial charge in [0, 0.05) is 16.0 Å². The molecule has 3 nitrogen and oxygen atoms in total. The zero-order valence-corrected chi connectivity index (χ0v) is 12.7. The Morgan fingerprint density at radius 2 is 2.00 bits per heavy atom. The highest BCUT2D eigenvalue weighted by molar-refractivity contribution is 9.10. The minimum Gasteiger partial charge on any atom is -0.485 e. The van der Waals surface area contributed by atoms with Crippen molar-refractivity contribution in [1.82, 2.24) is 0 Å². The van der Waals surface area contributed by atoms with Crippen molar-refractivity contribution < 1.29 is 14.6 Å². The highest BCUT2D eigenvalue weighted by Crippen LogP contribution is 2.38. The minimum absolute atomic E-state index is 0.304. The first-order valence-corrected chi connectivity index (χ1v) is 7.85. The van der Waals surface area contributed by atoms with Crippen LogP contribution in [0, 0.1) is 5.92 Å². The molecule has 1 atom stereocenters. The zero-order valence-electron chi connectivity index (χ0n) is 11.1. The van der Waals surface area contributed by atoms with Gasteiger partial charge in [0.15, 0.2) is 0 Å². The maximum absolute atomic E-state index is 11.5. The number of ether oxygens (including phenoxy) is 1. The average Bonchev–Trinajstić information content (AvgIpc) is 2.46. The van der Waals surface area contributed by atoms with Crippen molar-refractivity contribution in [3.8, 4) is 5.75 Å². The minimum atomic E-state index is -0.869. The topological polar surface area (TPSA) is 46.5 Å². The largest absolute Gasteiger partial charge is 0.485 e. The van der Waals surface area contributed by atoms with Crippen LogP contribution in [0.25, 0.3) is 6.08 Å². The van der Waals surface area contributed by atoms with Crippen molar-refractivity contribution in [2.75, 3.05) is 0 Å². The number of rotatable bonds is 2. The molecule has 1 aliphatic carbocycles. The number of hydrogen-bond acceptors (Lipinski definition) is 2. The quantitative estimate of drug-likeness (QED) is 0.877. The maximum Gasteiger partial charge on any atom is 0.335 e. The normalized spacial score (nSPS) is 22.6. The van der Waals surface area contributed by atoms with Gasteiger partial charge in [0.05, 0.1) is 5.57 Å². The Kier molecular flexibility index (Phi) is 3.83. The molecule has 1 aromatic rings. The third-order valence-electron chi connectivity index (χ3n) is 4.17. The molecule has 0 radical (unpaired) electrons. The Morgan fingerprint density at radius 1 is 1.25 bits per heavy atom. The van der Waals surface area contributed by atoms with E-state index in [1.165, 1.54) is 19.3 Å². The van der Waals surface area contributed by atoms with Crippen LogP contribution >= 0.6 is 15.9 Å². The summed E-state index contributed by atoms with van der Waals surface area (Å²) in [5.74, 6) is 0.239. The van der Waals surface area contributed by atoms with Gasteiger partial charge in [-0.15, -0.1) is 0 Å². The predicted octanol–water partition coefficient (Wildman–Crippen LogP) is 4.26. The molecule has 1 fully saturated rings. The lowest BCUT2D eigenvalue weighted by atomic mass is 9.81. The molecule has 1 N–H and O–H groups in total. The van der Waals surface area contributed by atoms with Gasteiger partial charge in [-0.25, -0.2) is 4.79 Å². The Bertz CT molecular complexity index is 559. The van der Waals surface area contributed by atoms with Crippen LogP contribution in [0.1, 0.15) is 37.7 Å². The summed E-state index contributed by atoms with van der Waals surface area (Å²) in [5, 5.41) is 9.47. The van der Waals surface area contributed by atoms with Crippen molar-refractivity contribution in [1.29, 1.82) is 0 Å². The van der Waals surface area contributed by atoms with Crippen molar-refractivity contribution >= 4 is 28.0 Å². The lowest BCUT2D eigenvalue weighted by Gasteiger charge is -2.33. The summed E-state index contributed by atoms with van der Waals surface area (Å²) >= 11 is 3.41. The van der Waals surface area contributed by atoms with E-state index in [0.717, 1.165) is 28.6 Å². The molecule has 1 aromatic carbocycles. The van der Waals surface area contributed by atoms with Crippen molar-refractivity contribution in [3.05, 3.63) is 33.8 Å². The molecule has 2 aliphatic rings. The first-order chi connectivity index (χ1) is 9.65. The summed E-state index contributed by atoms with van der Waals surface area (Å²) in [7, 11) is 0. The monoisotopic (exact) mass is 336 g/mol. The molecule has 0 bridgehead atoms. The lowest BCUT2D eigenvalue weighted by Crippen LogP contribution is -2.35. The van der Waals surface area contributed by atoms with Gasteiger partial charge in [-0.05, 0) is 37.1 Å². The Labute approximate surface area is 126 Å². The van der Waals surface area contributed by atoms with Gasteiger partial charge < -0.3 is 9.84 Å². The number of fused-ring (bicyclic) bond motifs is 1. The fourth-order valence-corrected chi connectivity index (χ4v) is 3.54. The molecule has 0 aromatic heterocycles. The van der Waals surface area contributed by atoms with E-state index in [9.17, 15) is 9.90 Å². The van der Waals surface area contributed by atoms with Crippen LogP contribution in [0.3, 0.4) is 0 Å². The Balaban J connectivity index is 1.96. The number of aliphatic carboxylic acids is 1. The fraction of sp³-hybridized carbons (Fsp3) is 0.438. The number of carboxylic acids is 1. The molecule has 106 valence electrons. The smallest absolute Gasteiger partial charge is 0.335 e. The van der Waals surface area contributed by atoms with Crippen LogP contribution in [0.15, 0.2) is 28.2 Å². The highest BCUT2D eigenvalue weighted by atomic mass is 79.9. The maximum atomic E-state index is 11.5. The van der Waals surface area contributed by atoms with Crippen LogP contribution in [-0.4, -0.2) is 17.2 Å². The molecule has 0 amide bonds. The van der Waals surface area contributed by atoms with Gasteiger partial charge in [0.25, 0.3) is 0 Å². The standard InChI is InChI=1S/C16H17BrO3/c17-12-6-7-14-11(8-12)9-13(16(18)19)15(20-14)10-4-2-1-3-5-10/h6-10,15H,1-5H2,(H,18,19). The van der Waals surface area contributed by atoms with Crippen molar-refractivity contribution in [2.24, 2.45) is 5.92 Å². The summed E-state index contributed by atoms with van der Waals surface area (Å²) in [5.41, 5.74) is 1.23. The molecule has 0 spiro atoms. The van der Waals surface area contributed by atoms with E-state index >= 15 is 0 Å². The molecular formula is C16H17BrO3. The second-order valence-corrected chi connectivity index (χ2v) is 6.44. The van der Waals surface area contributed by atoms with Gasteiger partial charge >= 0.3 is 5.97 Å². The summed E-state index contributed by atoms with van der Waals surface area (Å²) < 4.78 is 6.96. The molecule has 1 aliphatic heterocycles. The fourth-order valence-electron chi connectivity index (χ4n) is 3.16. The molecule has 4 heteroatoms. The molecule has 1 unspecified atom stereocenters. The third kappa shape index (κ3) is 2.62. The predicted molar refractivity (Wildman–Crippen MR) is 80.7 cm³/mol.